The molecule has 0 aliphatic heterocycles. The zero-order chi connectivity index (χ0) is 11.9. The molecule has 6 nitrogen and oxygen atoms in total. The van der Waals surface area contributed by atoms with Gasteiger partial charge in [0.1, 0.15) is 11.9 Å². The number of hydrogen-bond acceptors (Lipinski definition) is 4. The third-order valence-electron chi connectivity index (χ3n) is 2.17. The fourth-order valence-electron chi connectivity index (χ4n) is 1.37. The number of benzene rings is 1. The molecule has 0 aliphatic carbocycles. The second-order valence-electron chi connectivity index (χ2n) is 3.45. The van der Waals surface area contributed by atoms with E-state index in [9.17, 15) is 13.5 Å². The predicted octanol–water partition coefficient (Wildman–Crippen LogP) is -2.13. The SMILES string of the molecule is CC(O)c1nc2ccc(S(=O)(=O)O)cc2[nH]1.[Cl-]. The van der Waals surface area contributed by atoms with Crippen molar-refractivity contribution >= 4 is 21.2 Å². The number of nitrogens with one attached hydrogen (secondary N) is 1. The van der Waals surface area contributed by atoms with E-state index in [1.165, 1.54) is 18.2 Å². The summed E-state index contributed by atoms with van der Waals surface area (Å²) in [6.07, 6.45) is -0.762. The first-order valence-corrected chi connectivity index (χ1v) is 5.97. The van der Waals surface area contributed by atoms with Gasteiger partial charge in [0.05, 0.1) is 15.9 Å². The lowest BCUT2D eigenvalue weighted by atomic mass is 10.3. The Balaban J connectivity index is 0.00000144. The molecule has 2 aromatic rings. The van der Waals surface area contributed by atoms with Gasteiger partial charge < -0.3 is 22.5 Å². The second kappa shape index (κ2) is 4.61. The molecular formula is C9H10ClN2O4S-. The van der Waals surface area contributed by atoms with Crippen molar-refractivity contribution in [3.05, 3.63) is 24.0 Å². The van der Waals surface area contributed by atoms with E-state index < -0.39 is 16.2 Å². The lowest BCUT2D eigenvalue weighted by Gasteiger charge is -1.96. The third kappa shape index (κ3) is 2.75. The first-order valence-electron chi connectivity index (χ1n) is 4.53. The molecule has 0 radical (unpaired) electrons. The van der Waals surface area contributed by atoms with E-state index in [-0.39, 0.29) is 17.3 Å². The van der Waals surface area contributed by atoms with Gasteiger partial charge in [-0.05, 0) is 25.1 Å². The van der Waals surface area contributed by atoms with Crippen LogP contribution in [0.5, 0.6) is 0 Å². The summed E-state index contributed by atoms with van der Waals surface area (Å²) in [5, 5.41) is 9.29. The van der Waals surface area contributed by atoms with Gasteiger partial charge in [-0.3, -0.25) is 4.55 Å². The normalized spacial score (nSPS) is 13.4. The summed E-state index contributed by atoms with van der Waals surface area (Å²) in [5.74, 6) is 0.350. The van der Waals surface area contributed by atoms with Crippen molar-refractivity contribution < 1.29 is 30.5 Å². The topological polar surface area (TPSA) is 103 Å². The number of halogens is 1. The first kappa shape index (κ1) is 13.9. The maximum absolute atomic E-state index is 10.9. The summed E-state index contributed by atoms with van der Waals surface area (Å²) < 4.78 is 30.6. The van der Waals surface area contributed by atoms with E-state index in [4.69, 9.17) is 4.55 Å². The number of aromatic amines is 1. The Bertz CT molecular complexity index is 635. The Morgan fingerprint density at radius 2 is 2.06 bits per heavy atom. The summed E-state index contributed by atoms with van der Waals surface area (Å²) in [4.78, 5) is 6.62. The molecule has 1 aromatic heterocycles. The smallest absolute Gasteiger partial charge is 0.294 e. The van der Waals surface area contributed by atoms with Crippen molar-refractivity contribution in [2.75, 3.05) is 0 Å². The molecule has 8 heteroatoms. The highest BCUT2D eigenvalue weighted by Crippen LogP contribution is 2.19. The molecule has 0 bridgehead atoms. The van der Waals surface area contributed by atoms with Crippen LogP contribution in [-0.2, 0) is 10.1 Å². The molecule has 0 saturated heterocycles. The molecule has 1 unspecified atom stereocenters. The molecule has 0 spiro atoms. The predicted molar refractivity (Wildman–Crippen MR) is 56.5 cm³/mol. The van der Waals surface area contributed by atoms with Crippen molar-refractivity contribution in [3.8, 4) is 0 Å². The maximum atomic E-state index is 10.9. The number of fused-ring (bicyclic) bond motifs is 1. The van der Waals surface area contributed by atoms with Gasteiger partial charge in [0, 0.05) is 0 Å². The van der Waals surface area contributed by atoms with Gasteiger partial charge in [0.15, 0.2) is 0 Å². The summed E-state index contributed by atoms with van der Waals surface area (Å²) in [6.45, 7) is 1.54. The maximum Gasteiger partial charge on any atom is 0.294 e. The molecule has 94 valence electrons. The molecular weight excluding hydrogens is 268 g/mol. The molecule has 0 aliphatic rings. The zero-order valence-electron chi connectivity index (χ0n) is 8.75. The van der Waals surface area contributed by atoms with E-state index in [2.05, 4.69) is 9.97 Å². The Morgan fingerprint density at radius 1 is 1.41 bits per heavy atom. The van der Waals surface area contributed by atoms with E-state index in [1.807, 2.05) is 0 Å². The van der Waals surface area contributed by atoms with Crippen molar-refractivity contribution in [2.45, 2.75) is 17.9 Å². The number of nitrogens with zero attached hydrogens (tertiary/aromatic N) is 1. The van der Waals surface area contributed by atoms with E-state index in [0.717, 1.165) is 0 Å². The lowest BCUT2D eigenvalue weighted by molar-refractivity contribution is -0.00000929. The summed E-state index contributed by atoms with van der Waals surface area (Å²) in [6, 6.07) is 3.98. The second-order valence-corrected chi connectivity index (χ2v) is 4.87. The summed E-state index contributed by atoms with van der Waals surface area (Å²) >= 11 is 0. The van der Waals surface area contributed by atoms with Crippen LogP contribution in [0.4, 0.5) is 0 Å². The first-order chi connectivity index (χ1) is 7.38. The third-order valence-corrected chi connectivity index (χ3v) is 3.01. The zero-order valence-corrected chi connectivity index (χ0v) is 10.3. The van der Waals surface area contributed by atoms with Gasteiger partial charge in [-0.2, -0.15) is 8.42 Å². The Hall–Kier alpha value is -1.15. The number of aliphatic hydroxyl groups excluding tert-OH is 1. The number of aliphatic hydroxyl groups is 1. The summed E-state index contributed by atoms with van der Waals surface area (Å²) in [7, 11) is -4.22. The molecule has 17 heavy (non-hydrogen) atoms. The molecule has 0 fully saturated rings. The minimum Gasteiger partial charge on any atom is -1.00 e. The number of rotatable bonds is 2. The molecule has 1 aromatic carbocycles. The van der Waals surface area contributed by atoms with Gasteiger partial charge in [-0.25, -0.2) is 4.98 Å². The molecule has 0 saturated carbocycles. The van der Waals surface area contributed by atoms with Crippen LogP contribution in [0.25, 0.3) is 11.0 Å². The standard InChI is InChI=1S/C9H10N2O4S.ClH/c1-5(12)9-10-7-3-2-6(16(13,14)15)4-8(7)11-9;/h2-5,12H,1H3,(H,10,11)(H,13,14,15);1H/p-1. The number of aromatic nitrogens is 2. The van der Waals surface area contributed by atoms with E-state index in [0.29, 0.717) is 16.9 Å². The lowest BCUT2D eigenvalue weighted by Crippen LogP contribution is -3.00. The number of imidazole rings is 1. The highest BCUT2D eigenvalue weighted by molar-refractivity contribution is 7.85. The van der Waals surface area contributed by atoms with Crippen molar-refractivity contribution in [1.29, 1.82) is 0 Å². The van der Waals surface area contributed by atoms with Gasteiger partial charge in [-0.15, -0.1) is 0 Å². The average molecular weight is 278 g/mol. The molecule has 3 N–H and O–H groups in total. The molecule has 0 amide bonds. The Morgan fingerprint density at radius 3 is 2.59 bits per heavy atom. The van der Waals surface area contributed by atoms with Crippen LogP contribution in [-0.4, -0.2) is 28.0 Å². The van der Waals surface area contributed by atoms with Crippen molar-refractivity contribution in [1.82, 2.24) is 9.97 Å². The fraction of sp³-hybridized carbons (Fsp3) is 0.222. The van der Waals surface area contributed by atoms with Crippen LogP contribution in [0.15, 0.2) is 23.1 Å². The van der Waals surface area contributed by atoms with Gasteiger partial charge in [0.2, 0.25) is 0 Å². The number of hydrogen-bond donors (Lipinski definition) is 3. The minimum atomic E-state index is -4.22. The van der Waals surface area contributed by atoms with E-state index >= 15 is 0 Å². The largest absolute Gasteiger partial charge is 1.00 e. The Kier molecular flexibility index (Phi) is 3.78. The van der Waals surface area contributed by atoms with Crippen LogP contribution in [0, 0.1) is 0 Å². The Labute approximate surface area is 104 Å². The minimum absolute atomic E-state index is 0. The highest BCUT2D eigenvalue weighted by atomic mass is 35.5. The van der Waals surface area contributed by atoms with Crippen LogP contribution >= 0.6 is 0 Å². The van der Waals surface area contributed by atoms with Crippen LogP contribution in [0.2, 0.25) is 0 Å². The van der Waals surface area contributed by atoms with Crippen molar-refractivity contribution in [3.63, 3.8) is 0 Å². The van der Waals surface area contributed by atoms with Crippen LogP contribution in [0.3, 0.4) is 0 Å². The van der Waals surface area contributed by atoms with Crippen LogP contribution < -0.4 is 12.4 Å². The van der Waals surface area contributed by atoms with Crippen molar-refractivity contribution in [2.24, 2.45) is 0 Å². The molecule has 2 rings (SSSR count). The summed E-state index contributed by atoms with van der Waals surface area (Å²) in [5.41, 5.74) is 0.981. The van der Waals surface area contributed by atoms with Crippen LogP contribution in [0.1, 0.15) is 18.9 Å². The van der Waals surface area contributed by atoms with Gasteiger partial charge >= 0.3 is 0 Å². The highest BCUT2D eigenvalue weighted by Gasteiger charge is 2.13. The van der Waals surface area contributed by atoms with Gasteiger partial charge in [0.25, 0.3) is 10.1 Å². The van der Waals surface area contributed by atoms with Gasteiger partial charge in [-0.1, -0.05) is 0 Å². The molecule has 1 atom stereocenters. The fourth-order valence-corrected chi connectivity index (χ4v) is 1.87. The molecule has 1 heterocycles. The monoisotopic (exact) mass is 277 g/mol. The quantitative estimate of drug-likeness (QED) is 0.544. The van der Waals surface area contributed by atoms with E-state index in [1.54, 1.807) is 6.92 Å². The average Bonchev–Trinajstić information content (AvgIpc) is 2.58. The number of H-pyrrole nitrogens is 1.